The second-order valence-electron chi connectivity index (χ2n) is 10.2. The molecule has 36 heavy (non-hydrogen) atoms. The van der Waals surface area contributed by atoms with Gasteiger partial charge in [0.1, 0.15) is 17.4 Å². The van der Waals surface area contributed by atoms with Crippen LogP contribution >= 0.6 is 0 Å². The number of benzene rings is 1. The number of carbonyl (C=O) groups is 1. The summed E-state index contributed by atoms with van der Waals surface area (Å²) in [4.78, 5) is 22.4. The van der Waals surface area contributed by atoms with E-state index in [2.05, 4.69) is 23.9 Å². The van der Waals surface area contributed by atoms with Gasteiger partial charge >= 0.3 is 0 Å². The van der Waals surface area contributed by atoms with E-state index < -0.39 is 0 Å². The first kappa shape index (κ1) is 26.4. The maximum Gasteiger partial charge on any atom is 0.259 e. The number of carbonyl (C=O) groups excluding carboxylic acids is 1. The monoisotopic (exact) mass is 497 g/mol. The molecule has 1 saturated heterocycles. The van der Waals surface area contributed by atoms with Crippen molar-refractivity contribution in [3.8, 4) is 22.8 Å². The average Bonchev–Trinajstić information content (AvgIpc) is 2.90. The van der Waals surface area contributed by atoms with Gasteiger partial charge in [0, 0.05) is 56.1 Å². The summed E-state index contributed by atoms with van der Waals surface area (Å²) in [6.45, 7) is 7.73. The van der Waals surface area contributed by atoms with Crippen molar-refractivity contribution in [2.75, 3.05) is 53.6 Å². The molecule has 1 aromatic carbocycles. The molecule has 1 amide bonds. The zero-order valence-corrected chi connectivity index (χ0v) is 21.9. The van der Waals surface area contributed by atoms with E-state index >= 15 is 0 Å². The Labute approximate surface area is 214 Å². The zero-order valence-electron chi connectivity index (χ0n) is 21.9. The molecule has 1 aromatic heterocycles. The lowest BCUT2D eigenvalue weighted by Gasteiger charge is -2.38. The number of amides is 1. The molecule has 2 aromatic rings. The van der Waals surface area contributed by atoms with Crippen LogP contribution < -0.4 is 9.47 Å². The molecule has 0 saturated carbocycles. The molecule has 0 spiro atoms. The molecular weight excluding hydrogens is 458 g/mol. The SMILES string of the molecule is COc1ccccc1-c1cnc2c(c1)C(=O)N([C@H](C)CO)C[C@@H](C)[C@@H](CN(C)CC1CCOCC1)O2. The van der Waals surface area contributed by atoms with E-state index in [4.69, 9.17) is 14.2 Å². The smallest absolute Gasteiger partial charge is 0.259 e. The molecule has 8 nitrogen and oxygen atoms in total. The number of hydrogen-bond acceptors (Lipinski definition) is 7. The molecule has 4 rings (SSSR count). The van der Waals surface area contributed by atoms with Crippen LogP contribution in [0.15, 0.2) is 36.5 Å². The lowest BCUT2D eigenvalue weighted by atomic mass is 9.97. The first-order valence-electron chi connectivity index (χ1n) is 12.9. The third kappa shape index (κ3) is 5.99. The van der Waals surface area contributed by atoms with Crippen molar-refractivity contribution in [3.63, 3.8) is 0 Å². The molecule has 1 fully saturated rings. The third-order valence-corrected chi connectivity index (χ3v) is 7.34. The highest BCUT2D eigenvalue weighted by Gasteiger charge is 2.34. The van der Waals surface area contributed by atoms with Crippen LogP contribution in [0, 0.1) is 11.8 Å². The highest BCUT2D eigenvalue weighted by atomic mass is 16.5. The summed E-state index contributed by atoms with van der Waals surface area (Å²) in [5, 5.41) is 9.92. The van der Waals surface area contributed by atoms with Gasteiger partial charge in [-0.2, -0.15) is 0 Å². The molecule has 2 aliphatic rings. The van der Waals surface area contributed by atoms with Gasteiger partial charge in [0.15, 0.2) is 0 Å². The number of ether oxygens (including phenoxy) is 3. The van der Waals surface area contributed by atoms with E-state index in [1.807, 2.05) is 37.3 Å². The van der Waals surface area contributed by atoms with Crippen molar-refractivity contribution in [2.45, 2.75) is 38.8 Å². The third-order valence-electron chi connectivity index (χ3n) is 7.34. The number of pyridine rings is 1. The Morgan fingerprint density at radius 1 is 1.22 bits per heavy atom. The van der Waals surface area contributed by atoms with Gasteiger partial charge in [0.25, 0.3) is 5.91 Å². The predicted octanol–water partition coefficient (Wildman–Crippen LogP) is 3.34. The highest BCUT2D eigenvalue weighted by Crippen LogP contribution is 2.34. The van der Waals surface area contributed by atoms with Crippen LogP contribution in [0.5, 0.6) is 11.6 Å². The summed E-state index contributed by atoms with van der Waals surface area (Å²) in [5.41, 5.74) is 2.04. The van der Waals surface area contributed by atoms with Gasteiger partial charge in [0.2, 0.25) is 5.88 Å². The Morgan fingerprint density at radius 2 is 1.97 bits per heavy atom. The van der Waals surface area contributed by atoms with Gasteiger partial charge in [-0.3, -0.25) is 4.79 Å². The lowest BCUT2D eigenvalue weighted by molar-refractivity contribution is 0.0254. The van der Waals surface area contributed by atoms with E-state index in [1.54, 1.807) is 18.2 Å². The summed E-state index contributed by atoms with van der Waals surface area (Å²) < 4.78 is 17.5. The molecule has 8 heteroatoms. The van der Waals surface area contributed by atoms with Crippen LogP contribution in [-0.4, -0.2) is 91.6 Å². The molecule has 0 aliphatic carbocycles. The van der Waals surface area contributed by atoms with E-state index in [9.17, 15) is 9.90 Å². The van der Waals surface area contributed by atoms with Crippen LogP contribution in [0.1, 0.15) is 37.0 Å². The number of aliphatic hydroxyl groups is 1. The largest absolute Gasteiger partial charge is 0.496 e. The maximum absolute atomic E-state index is 13.7. The molecule has 1 N–H and O–H groups in total. The number of hydrogen-bond donors (Lipinski definition) is 1. The van der Waals surface area contributed by atoms with Gasteiger partial charge < -0.3 is 29.1 Å². The van der Waals surface area contributed by atoms with Crippen molar-refractivity contribution in [1.82, 2.24) is 14.8 Å². The van der Waals surface area contributed by atoms with Crippen LogP contribution in [0.3, 0.4) is 0 Å². The van der Waals surface area contributed by atoms with Gasteiger partial charge in [0.05, 0.1) is 19.8 Å². The zero-order chi connectivity index (χ0) is 25.7. The molecule has 0 radical (unpaired) electrons. The fraction of sp³-hybridized carbons (Fsp3) is 0.571. The lowest BCUT2D eigenvalue weighted by Crippen LogP contribution is -2.50. The molecule has 196 valence electrons. The van der Waals surface area contributed by atoms with Gasteiger partial charge in [-0.15, -0.1) is 0 Å². The number of methoxy groups -OCH3 is 1. The number of aromatic nitrogens is 1. The Morgan fingerprint density at radius 3 is 2.69 bits per heavy atom. The van der Waals surface area contributed by atoms with Crippen molar-refractivity contribution < 1.29 is 24.1 Å². The van der Waals surface area contributed by atoms with Gasteiger partial charge in [-0.25, -0.2) is 4.98 Å². The summed E-state index contributed by atoms with van der Waals surface area (Å²) in [7, 11) is 3.75. The minimum atomic E-state index is -0.318. The molecule has 0 bridgehead atoms. The number of rotatable bonds is 8. The maximum atomic E-state index is 13.7. The van der Waals surface area contributed by atoms with Crippen LogP contribution in [0.2, 0.25) is 0 Å². The summed E-state index contributed by atoms with van der Waals surface area (Å²) in [5.74, 6) is 1.54. The Hall–Kier alpha value is -2.68. The minimum Gasteiger partial charge on any atom is -0.496 e. The van der Waals surface area contributed by atoms with Crippen molar-refractivity contribution in [2.24, 2.45) is 11.8 Å². The molecule has 0 unspecified atom stereocenters. The van der Waals surface area contributed by atoms with E-state index in [0.717, 1.165) is 50.3 Å². The average molecular weight is 498 g/mol. The minimum absolute atomic E-state index is 0.0592. The highest BCUT2D eigenvalue weighted by molar-refractivity contribution is 5.98. The van der Waals surface area contributed by atoms with Crippen LogP contribution in [0.25, 0.3) is 11.1 Å². The van der Waals surface area contributed by atoms with Gasteiger partial charge in [-0.1, -0.05) is 25.1 Å². The second-order valence-corrected chi connectivity index (χ2v) is 10.2. The molecule has 2 aliphatic heterocycles. The Bertz CT molecular complexity index is 1030. The number of aliphatic hydroxyl groups excluding tert-OH is 1. The number of likely N-dealkylation sites (N-methyl/N-ethyl adjacent to an activating group) is 1. The molecule has 3 atom stereocenters. The summed E-state index contributed by atoms with van der Waals surface area (Å²) in [6, 6.07) is 9.18. The second kappa shape index (κ2) is 12.0. The first-order valence-corrected chi connectivity index (χ1v) is 12.9. The first-order chi connectivity index (χ1) is 17.4. The summed E-state index contributed by atoms with van der Waals surface area (Å²) >= 11 is 0. The number of fused-ring (bicyclic) bond motifs is 1. The van der Waals surface area contributed by atoms with E-state index in [-0.39, 0.29) is 30.6 Å². The summed E-state index contributed by atoms with van der Waals surface area (Å²) in [6.07, 6.45) is 3.74. The number of nitrogens with zero attached hydrogens (tertiary/aromatic N) is 3. The quantitative estimate of drug-likeness (QED) is 0.599. The van der Waals surface area contributed by atoms with Crippen molar-refractivity contribution in [1.29, 1.82) is 0 Å². The fourth-order valence-corrected chi connectivity index (χ4v) is 5.10. The van der Waals surface area contributed by atoms with Gasteiger partial charge in [-0.05, 0) is 44.9 Å². The van der Waals surface area contributed by atoms with Crippen LogP contribution in [0.4, 0.5) is 0 Å². The van der Waals surface area contributed by atoms with E-state index in [0.29, 0.717) is 29.7 Å². The van der Waals surface area contributed by atoms with E-state index in [1.165, 1.54) is 0 Å². The van der Waals surface area contributed by atoms with Crippen LogP contribution in [-0.2, 0) is 4.74 Å². The molecular formula is C28H39N3O5. The molecule has 3 heterocycles. The standard InChI is InChI=1S/C28H39N3O5/c1-19-15-31(20(2)18-32)28(33)24-13-22(23-7-5-6-8-25(23)34-4)14-29-27(24)36-26(19)17-30(3)16-21-9-11-35-12-10-21/h5-8,13-14,19-21,26,32H,9-12,15-18H2,1-4H3/t19-,20-,26-/m1/s1. The Balaban J connectivity index is 1.64. The normalized spacial score (nSPS) is 21.9. The number of para-hydroxylation sites is 1. The predicted molar refractivity (Wildman–Crippen MR) is 138 cm³/mol. The van der Waals surface area contributed by atoms with Crippen molar-refractivity contribution in [3.05, 3.63) is 42.1 Å². The van der Waals surface area contributed by atoms with Crippen molar-refractivity contribution >= 4 is 5.91 Å². The Kier molecular flexibility index (Phi) is 8.82. The fourth-order valence-electron chi connectivity index (χ4n) is 5.10. The topological polar surface area (TPSA) is 84.4 Å².